The van der Waals surface area contributed by atoms with Crippen LogP contribution in [0.4, 0.5) is 0 Å². The molecular weight excluding hydrogens is 246 g/mol. The fourth-order valence-corrected chi connectivity index (χ4v) is 2.25. The van der Waals surface area contributed by atoms with Gasteiger partial charge in [-0.2, -0.15) is 0 Å². The van der Waals surface area contributed by atoms with Gasteiger partial charge >= 0.3 is 11.9 Å². The lowest BCUT2D eigenvalue weighted by Gasteiger charge is -2.02. The van der Waals surface area contributed by atoms with Gasteiger partial charge < -0.3 is 14.9 Å². The third-order valence-corrected chi connectivity index (χ3v) is 3.04. The SMILES string of the molecule is O=C(O)COc1c(C(=O)O)sc2ncccc12. The van der Waals surface area contributed by atoms with Crippen molar-refractivity contribution in [1.29, 1.82) is 0 Å². The van der Waals surface area contributed by atoms with E-state index in [0.29, 0.717) is 10.2 Å². The zero-order valence-corrected chi connectivity index (χ0v) is 9.23. The molecular formula is C10H7NO5S. The van der Waals surface area contributed by atoms with Gasteiger partial charge in [0, 0.05) is 6.20 Å². The monoisotopic (exact) mass is 253 g/mol. The number of carbonyl (C=O) groups is 2. The molecule has 0 bridgehead atoms. The number of nitrogens with zero attached hydrogens (tertiary/aromatic N) is 1. The molecule has 2 rings (SSSR count). The van der Waals surface area contributed by atoms with Gasteiger partial charge in [0.25, 0.3) is 0 Å². The molecule has 0 amide bonds. The summed E-state index contributed by atoms with van der Waals surface area (Å²) in [6, 6.07) is 3.27. The highest BCUT2D eigenvalue weighted by atomic mass is 32.1. The van der Waals surface area contributed by atoms with Crippen molar-refractivity contribution in [3.63, 3.8) is 0 Å². The predicted octanol–water partition coefficient (Wildman–Crippen LogP) is 1.46. The first-order chi connectivity index (χ1) is 8.09. The smallest absolute Gasteiger partial charge is 0.349 e. The van der Waals surface area contributed by atoms with Crippen LogP contribution in [0.25, 0.3) is 10.2 Å². The quantitative estimate of drug-likeness (QED) is 0.856. The van der Waals surface area contributed by atoms with Gasteiger partial charge in [0.15, 0.2) is 17.2 Å². The molecule has 0 saturated carbocycles. The molecule has 0 spiro atoms. The Morgan fingerprint density at radius 2 is 2.18 bits per heavy atom. The maximum absolute atomic E-state index is 11.0. The van der Waals surface area contributed by atoms with Crippen LogP contribution in [0.15, 0.2) is 18.3 Å². The normalized spacial score (nSPS) is 10.4. The maximum atomic E-state index is 11.0. The van der Waals surface area contributed by atoms with Crippen molar-refractivity contribution in [3.05, 3.63) is 23.2 Å². The van der Waals surface area contributed by atoms with Crippen LogP contribution in [0.3, 0.4) is 0 Å². The zero-order chi connectivity index (χ0) is 12.4. The fourth-order valence-electron chi connectivity index (χ4n) is 1.33. The standard InChI is InChI=1S/C10H7NO5S/c12-6(13)4-16-7-5-2-1-3-11-9(5)17-8(7)10(14)15/h1-3H,4H2,(H,12,13)(H,14,15). The van der Waals surface area contributed by atoms with Crippen LogP contribution in [-0.2, 0) is 4.79 Å². The van der Waals surface area contributed by atoms with Crippen molar-refractivity contribution < 1.29 is 24.5 Å². The molecule has 0 saturated heterocycles. The number of pyridine rings is 1. The highest BCUT2D eigenvalue weighted by Gasteiger charge is 2.20. The van der Waals surface area contributed by atoms with Gasteiger partial charge in [-0.3, -0.25) is 0 Å². The van der Waals surface area contributed by atoms with E-state index in [4.69, 9.17) is 14.9 Å². The molecule has 17 heavy (non-hydrogen) atoms. The van der Waals surface area contributed by atoms with Gasteiger partial charge in [0.1, 0.15) is 4.83 Å². The average Bonchev–Trinajstić information content (AvgIpc) is 2.65. The molecule has 0 fully saturated rings. The van der Waals surface area contributed by atoms with E-state index >= 15 is 0 Å². The lowest BCUT2D eigenvalue weighted by atomic mass is 10.3. The Morgan fingerprint density at radius 3 is 2.82 bits per heavy atom. The number of carboxylic acid groups (broad SMARTS) is 2. The molecule has 0 aliphatic heterocycles. The number of carboxylic acids is 2. The highest BCUT2D eigenvalue weighted by Crippen LogP contribution is 2.36. The second-order valence-corrected chi connectivity index (χ2v) is 4.10. The van der Waals surface area contributed by atoms with Crippen molar-refractivity contribution in [1.82, 2.24) is 4.98 Å². The Morgan fingerprint density at radius 1 is 1.41 bits per heavy atom. The molecule has 7 heteroatoms. The number of rotatable bonds is 4. The first kappa shape index (κ1) is 11.3. The van der Waals surface area contributed by atoms with Crippen LogP contribution in [-0.4, -0.2) is 33.7 Å². The molecule has 0 aliphatic carbocycles. The number of aliphatic carboxylic acids is 1. The van der Waals surface area contributed by atoms with Crippen LogP contribution >= 0.6 is 11.3 Å². The molecule has 2 aromatic heterocycles. The Balaban J connectivity index is 2.51. The minimum atomic E-state index is -1.16. The number of hydrogen-bond acceptors (Lipinski definition) is 5. The van der Waals surface area contributed by atoms with E-state index in [2.05, 4.69) is 4.98 Å². The molecule has 0 aromatic carbocycles. The van der Waals surface area contributed by atoms with Crippen molar-refractivity contribution >= 4 is 33.5 Å². The molecule has 0 aliphatic rings. The first-order valence-electron chi connectivity index (χ1n) is 4.55. The van der Waals surface area contributed by atoms with E-state index in [9.17, 15) is 9.59 Å². The van der Waals surface area contributed by atoms with Crippen LogP contribution in [0.1, 0.15) is 9.67 Å². The summed E-state index contributed by atoms with van der Waals surface area (Å²) in [4.78, 5) is 25.9. The van der Waals surface area contributed by atoms with Gasteiger partial charge in [-0.25, -0.2) is 14.6 Å². The van der Waals surface area contributed by atoms with E-state index in [1.807, 2.05) is 0 Å². The van der Waals surface area contributed by atoms with Crippen LogP contribution in [0.5, 0.6) is 5.75 Å². The van der Waals surface area contributed by atoms with E-state index in [1.165, 1.54) is 6.20 Å². The van der Waals surface area contributed by atoms with Gasteiger partial charge in [-0.05, 0) is 12.1 Å². The Labute approximate surface area is 99.1 Å². The third kappa shape index (κ3) is 2.18. The summed E-state index contributed by atoms with van der Waals surface area (Å²) in [6.07, 6.45) is 1.53. The van der Waals surface area contributed by atoms with E-state index in [1.54, 1.807) is 12.1 Å². The number of thiophene rings is 1. The minimum Gasteiger partial charge on any atom is -0.479 e. The second-order valence-electron chi connectivity index (χ2n) is 3.10. The molecule has 88 valence electrons. The van der Waals surface area contributed by atoms with Crippen LogP contribution in [0.2, 0.25) is 0 Å². The number of aromatic carboxylic acids is 1. The number of hydrogen-bond donors (Lipinski definition) is 2. The number of ether oxygens (including phenoxy) is 1. The zero-order valence-electron chi connectivity index (χ0n) is 8.41. The van der Waals surface area contributed by atoms with Crippen molar-refractivity contribution in [3.8, 4) is 5.75 Å². The summed E-state index contributed by atoms with van der Waals surface area (Å²) < 4.78 is 5.00. The topological polar surface area (TPSA) is 96.7 Å². The molecule has 2 N–H and O–H groups in total. The summed E-state index contributed by atoms with van der Waals surface area (Å²) in [7, 11) is 0. The number of fused-ring (bicyclic) bond motifs is 1. The lowest BCUT2D eigenvalue weighted by molar-refractivity contribution is -0.139. The van der Waals surface area contributed by atoms with E-state index < -0.39 is 18.5 Å². The summed E-state index contributed by atoms with van der Waals surface area (Å²) in [5.74, 6) is -2.26. The fraction of sp³-hybridized carbons (Fsp3) is 0.100. The Hall–Kier alpha value is -2.15. The average molecular weight is 253 g/mol. The number of aromatic nitrogens is 1. The second kappa shape index (κ2) is 4.38. The summed E-state index contributed by atoms with van der Waals surface area (Å²) >= 11 is 0.955. The van der Waals surface area contributed by atoms with Crippen LogP contribution in [0, 0.1) is 0 Å². The Bertz CT molecular complexity index is 591. The van der Waals surface area contributed by atoms with Crippen molar-refractivity contribution in [2.75, 3.05) is 6.61 Å². The maximum Gasteiger partial charge on any atom is 0.349 e. The predicted molar refractivity (Wildman–Crippen MR) is 59.7 cm³/mol. The summed E-state index contributed by atoms with van der Waals surface area (Å²) in [5.41, 5.74) is 0. The van der Waals surface area contributed by atoms with Crippen molar-refractivity contribution in [2.45, 2.75) is 0 Å². The highest BCUT2D eigenvalue weighted by molar-refractivity contribution is 7.20. The third-order valence-electron chi connectivity index (χ3n) is 1.95. The van der Waals surface area contributed by atoms with E-state index in [0.717, 1.165) is 11.3 Å². The molecule has 2 aromatic rings. The first-order valence-corrected chi connectivity index (χ1v) is 5.36. The van der Waals surface area contributed by atoms with Gasteiger partial charge in [0.05, 0.1) is 5.39 Å². The minimum absolute atomic E-state index is 0.0417. The summed E-state index contributed by atoms with van der Waals surface area (Å²) in [6.45, 7) is -0.582. The lowest BCUT2D eigenvalue weighted by Crippen LogP contribution is -2.10. The molecule has 0 radical (unpaired) electrons. The van der Waals surface area contributed by atoms with Gasteiger partial charge in [0.2, 0.25) is 0 Å². The largest absolute Gasteiger partial charge is 0.479 e. The molecule has 0 unspecified atom stereocenters. The molecule has 2 heterocycles. The van der Waals surface area contributed by atoms with Crippen molar-refractivity contribution in [2.24, 2.45) is 0 Å². The molecule has 6 nitrogen and oxygen atoms in total. The van der Waals surface area contributed by atoms with Crippen LogP contribution < -0.4 is 4.74 Å². The summed E-state index contributed by atoms with van der Waals surface area (Å²) in [5, 5.41) is 18.0. The van der Waals surface area contributed by atoms with Gasteiger partial charge in [-0.15, -0.1) is 11.3 Å². The molecule has 0 atom stereocenters. The van der Waals surface area contributed by atoms with E-state index in [-0.39, 0.29) is 10.6 Å². The van der Waals surface area contributed by atoms with Gasteiger partial charge in [-0.1, -0.05) is 0 Å². The Kier molecular flexibility index (Phi) is 2.92.